The van der Waals surface area contributed by atoms with Gasteiger partial charge in [-0.3, -0.25) is 4.68 Å². The summed E-state index contributed by atoms with van der Waals surface area (Å²) >= 11 is 0. The van der Waals surface area contributed by atoms with E-state index >= 15 is 0 Å². The Balaban J connectivity index is 1.43. The quantitative estimate of drug-likeness (QED) is 0.473. The van der Waals surface area contributed by atoms with Gasteiger partial charge in [0, 0.05) is 18.6 Å². The Kier molecular flexibility index (Phi) is 5.14. The lowest BCUT2D eigenvalue weighted by molar-refractivity contribution is 0.183. The van der Waals surface area contributed by atoms with Gasteiger partial charge < -0.3 is 9.47 Å². The number of fused-ring (bicyclic) bond motifs is 2. The highest BCUT2D eigenvalue weighted by molar-refractivity contribution is 5.81. The molecule has 0 spiro atoms. The topological polar surface area (TPSA) is 77.9 Å². The summed E-state index contributed by atoms with van der Waals surface area (Å²) in [5, 5.41) is 19.2. The molecule has 156 valence electrons. The van der Waals surface area contributed by atoms with E-state index in [0.29, 0.717) is 18.7 Å². The molecule has 7 nitrogen and oxygen atoms in total. The van der Waals surface area contributed by atoms with Gasteiger partial charge in [-0.15, -0.1) is 0 Å². The number of hydrogen-bond acceptors (Lipinski definition) is 5. The Bertz CT molecular complexity index is 1270. The molecule has 7 heteroatoms. The van der Waals surface area contributed by atoms with E-state index < -0.39 is 0 Å². The third-order valence-corrected chi connectivity index (χ3v) is 5.74. The zero-order chi connectivity index (χ0) is 21.2. The molecule has 4 aromatic rings. The van der Waals surface area contributed by atoms with E-state index in [1.165, 1.54) is 11.1 Å². The SMILES string of the molecule is COCCn1cc(-n2ncc3ccc(O[C@H]4CCCc5cc(C#N)ccc54)cc32)cn1. The summed E-state index contributed by atoms with van der Waals surface area (Å²) < 4.78 is 15.3. The van der Waals surface area contributed by atoms with Gasteiger partial charge in [0.1, 0.15) is 17.5 Å². The molecule has 1 aliphatic carbocycles. The zero-order valence-electron chi connectivity index (χ0n) is 17.4. The molecule has 0 bridgehead atoms. The second-order valence-corrected chi connectivity index (χ2v) is 7.76. The number of rotatable bonds is 6. The minimum atomic E-state index is -0.0119. The Morgan fingerprint density at radius 2 is 2.10 bits per heavy atom. The van der Waals surface area contributed by atoms with Crippen LogP contribution in [-0.4, -0.2) is 33.3 Å². The van der Waals surface area contributed by atoms with E-state index in [1.54, 1.807) is 13.3 Å². The van der Waals surface area contributed by atoms with Gasteiger partial charge in [-0.25, -0.2) is 4.68 Å². The van der Waals surface area contributed by atoms with Crippen LogP contribution < -0.4 is 4.74 Å². The van der Waals surface area contributed by atoms with Gasteiger partial charge in [0.05, 0.1) is 48.9 Å². The lowest BCUT2D eigenvalue weighted by atomic mass is 9.88. The van der Waals surface area contributed by atoms with Gasteiger partial charge in [0.15, 0.2) is 0 Å². The molecule has 1 aliphatic rings. The van der Waals surface area contributed by atoms with Crippen LogP contribution in [0.25, 0.3) is 16.6 Å². The van der Waals surface area contributed by atoms with Gasteiger partial charge in [0.2, 0.25) is 0 Å². The van der Waals surface area contributed by atoms with Gasteiger partial charge in [0.25, 0.3) is 0 Å². The molecule has 0 saturated heterocycles. The fourth-order valence-electron chi connectivity index (χ4n) is 4.17. The lowest BCUT2D eigenvalue weighted by Gasteiger charge is -2.26. The van der Waals surface area contributed by atoms with Gasteiger partial charge in [-0.05, 0) is 54.7 Å². The van der Waals surface area contributed by atoms with E-state index in [9.17, 15) is 5.26 Å². The smallest absolute Gasteiger partial charge is 0.124 e. The van der Waals surface area contributed by atoms with Crippen molar-refractivity contribution < 1.29 is 9.47 Å². The fraction of sp³-hybridized carbons (Fsp3) is 0.292. The summed E-state index contributed by atoms with van der Waals surface area (Å²) in [5.41, 5.74) is 4.97. The van der Waals surface area contributed by atoms with E-state index in [2.05, 4.69) is 16.3 Å². The second-order valence-electron chi connectivity index (χ2n) is 7.76. The first-order valence-corrected chi connectivity index (χ1v) is 10.4. The summed E-state index contributed by atoms with van der Waals surface area (Å²) in [6, 6.07) is 14.2. The lowest BCUT2D eigenvalue weighted by Crippen LogP contribution is -2.15. The van der Waals surface area contributed by atoms with Gasteiger partial charge in [-0.1, -0.05) is 6.07 Å². The first kappa shape index (κ1) is 19.3. The maximum atomic E-state index is 9.18. The average Bonchev–Trinajstić information content (AvgIpc) is 3.44. The molecule has 2 heterocycles. The molecule has 0 amide bonds. The summed E-state index contributed by atoms with van der Waals surface area (Å²) in [4.78, 5) is 0. The number of hydrogen-bond donors (Lipinski definition) is 0. The zero-order valence-corrected chi connectivity index (χ0v) is 17.4. The summed E-state index contributed by atoms with van der Waals surface area (Å²) in [6.45, 7) is 1.30. The molecule has 2 aromatic carbocycles. The van der Waals surface area contributed by atoms with Crippen LogP contribution in [0.5, 0.6) is 5.75 Å². The molecule has 0 radical (unpaired) electrons. The van der Waals surface area contributed by atoms with Crippen molar-refractivity contribution in [2.24, 2.45) is 0 Å². The third kappa shape index (κ3) is 3.78. The highest BCUT2D eigenvalue weighted by Crippen LogP contribution is 2.35. The predicted molar refractivity (Wildman–Crippen MR) is 116 cm³/mol. The molecule has 2 aromatic heterocycles. The number of aromatic nitrogens is 4. The van der Waals surface area contributed by atoms with Crippen LogP contribution in [0, 0.1) is 11.3 Å². The van der Waals surface area contributed by atoms with Crippen molar-refractivity contribution in [1.82, 2.24) is 19.6 Å². The maximum Gasteiger partial charge on any atom is 0.124 e. The molecule has 5 rings (SSSR count). The van der Waals surface area contributed by atoms with Crippen molar-refractivity contribution in [3.05, 3.63) is 71.7 Å². The second kappa shape index (κ2) is 8.25. The highest BCUT2D eigenvalue weighted by atomic mass is 16.5. The molecular weight excluding hydrogens is 390 g/mol. The van der Waals surface area contributed by atoms with Crippen molar-refractivity contribution in [2.45, 2.75) is 31.9 Å². The first-order chi connectivity index (χ1) is 15.2. The monoisotopic (exact) mass is 413 g/mol. The van der Waals surface area contributed by atoms with Gasteiger partial charge >= 0.3 is 0 Å². The van der Waals surface area contributed by atoms with Crippen molar-refractivity contribution in [2.75, 3.05) is 13.7 Å². The molecule has 0 N–H and O–H groups in total. The van der Waals surface area contributed by atoms with Crippen LogP contribution in [0.15, 0.2) is 55.0 Å². The van der Waals surface area contributed by atoms with E-state index in [-0.39, 0.29) is 6.10 Å². The fourth-order valence-corrected chi connectivity index (χ4v) is 4.17. The predicted octanol–water partition coefficient (Wildman–Crippen LogP) is 4.20. The molecule has 1 atom stereocenters. The van der Waals surface area contributed by atoms with E-state index in [4.69, 9.17) is 9.47 Å². The molecule has 0 fully saturated rings. The Labute approximate surface area is 180 Å². The van der Waals surface area contributed by atoms with Crippen molar-refractivity contribution in [1.29, 1.82) is 5.26 Å². The number of ether oxygens (including phenoxy) is 2. The summed E-state index contributed by atoms with van der Waals surface area (Å²) in [5.74, 6) is 0.809. The standard InChI is InChI=1S/C24H23N5O2/c1-30-10-9-28-16-20(15-26-28)29-23-12-21(7-6-19(23)14-27-29)31-24-4-2-3-18-11-17(13-25)5-8-22(18)24/h5-8,11-12,14-16,24H,2-4,9-10H2,1H3/t24-/m0/s1. The van der Waals surface area contributed by atoms with Crippen LogP contribution in [0.4, 0.5) is 0 Å². The normalized spacial score (nSPS) is 15.5. The molecule has 0 aliphatic heterocycles. The summed E-state index contributed by atoms with van der Waals surface area (Å²) in [6.07, 6.45) is 8.61. The molecule has 0 unspecified atom stereocenters. The van der Waals surface area contributed by atoms with E-state index in [0.717, 1.165) is 41.6 Å². The molecular formula is C24H23N5O2. The summed E-state index contributed by atoms with van der Waals surface area (Å²) in [7, 11) is 1.68. The largest absolute Gasteiger partial charge is 0.486 e. The number of nitrogens with zero attached hydrogens (tertiary/aromatic N) is 5. The first-order valence-electron chi connectivity index (χ1n) is 10.4. The van der Waals surface area contributed by atoms with Crippen LogP contribution in [0.3, 0.4) is 0 Å². The number of aryl methyl sites for hydroxylation is 1. The Morgan fingerprint density at radius 1 is 1.16 bits per heavy atom. The third-order valence-electron chi connectivity index (χ3n) is 5.74. The molecule has 31 heavy (non-hydrogen) atoms. The van der Waals surface area contributed by atoms with Crippen LogP contribution in [-0.2, 0) is 17.7 Å². The van der Waals surface area contributed by atoms with Crippen molar-refractivity contribution in [3.63, 3.8) is 0 Å². The Morgan fingerprint density at radius 3 is 2.97 bits per heavy atom. The molecule has 0 saturated carbocycles. The van der Waals surface area contributed by atoms with Crippen molar-refractivity contribution in [3.8, 4) is 17.5 Å². The number of nitriles is 1. The number of methoxy groups -OCH3 is 1. The average molecular weight is 413 g/mol. The Hall–Kier alpha value is -3.63. The number of benzene rings is 2. The van der Waals surface area contributed by atoms with Crippen LogP contribution in [0.2, 0.25) is 0 Å². The van der Waals surface area contributed by atoms with Crippen molar-refractivity contribution >= 4 is 10.9 Å². The van der Waals surface area contributed by atoms with E-state index in [1.807, 2.05) is 58.2 Å². The van der Waals surface area contributed by atoms with Crippen LogP contribution >= 0.6 is 0 Å². The van der Waals surface area contributed by atoms with Gasteiger partial charge in [-0.2, -0.15) is 15.5 Å². The van der Waals surface area contributed by atoms with Crippen LogP contribution in [0.1, 0.15) is 35.6 Å². The maximum absolute atomic E-state index is 9.18. The minimum absolute atomic E-state index is 0.0119. The minimum Gasteiger partial charge on any atom is -0.486 e. The highest BCUT2D eigenvalue weighted by Gasteiger charge is 2.22.